The van der Waals surface area contributed by atoms with Gasteiger partial charge < -0.3 is 10.1 Å². The monoisotopic (exact) mass is 305 g/mol. The van der Waals surface area contributed by atoms with Crippen molar-refractivity contribution in [1.29, 1.82) is 0 Å². The number of carbonyl (C=O) groups excluding carboxylic acids is 2. The summed E-state index contributed by atoms with van der Waals surface area (Å²) in [5.74, 6) is 0.263. The average molecular weight is 305 g/mol. The van der Waals surface area contributed by atoms with Crippen molar-refractivity contribution in [1.82, 2.24) is 15.2 Å². The highest BCUT2D eigenvalue weighted by Gasteiger charge is 2.54. The minimum absolute atomic E-state index is 0.136. The molecule has 1 fully saturated rings. The smallest absolute Gasteiger partial charge is 0.325 e. The van der Waals surface area contributed by atoms with Gasteiger partial charge >= 0.3 is 6.03 Å². The van der Waals surface area contributed by atoms with E-state index in [4.69, 9.17) is 4.74 Å². The lowest BCUT2D eigenvalue weighted by Crippen LogP contribution is -2.54. The third-order valence-electron chi connectivity index (χ3n) is 4.17. The molecule has 0 spiro atoms. The van der Waals surface area contributed by atoms with Gasteiger partial charge in [-0.2, -0.15) is 0 Å². The molecule has 0 aromatic carbocycles. The van der Waals surface area contributed by atoms with Gasteiger partial charge in [-0.1, -0.05) is 26.8 Å². The maximum absolute atomic E-state index is 12.7. The molecule has 1 aliphatic heterocycles. The van der Waals surface area contributed by atoms with Gasteiger partial charge in [-0.15, -0.1) is 0 Å². The second kappa shape index (κ2) is 5.59. The predicted octanol–water partition coefficient (Wildman–Crippen LogP) is 2.34. The highest BCUT2D eigenvalue weighted by Crippen LogP contribution is 2.35. The molecule has 6 nitrogen and oxygen atoms in total. The highest BCUT2D eigenvalue weighted by molar-refractivity contribution is 6.07. The standard InChI is InChI=1S/C16H23N3O3/c1-6-22-12-9-7-8-11(17-12)10-19-13(20)16(5,15(2,3)4)18-14(19)21/h7-9H,6,10H2,1-5H3,(H,18,21). The first-order valence-electron chi connectivity index (χ1n) is 7.42. The van der Waals surface area contributed by atoms with Crippen molar-refractivity contribution < 1.29 is 14.3 Å². The molecule has 1 aromatic rings. The third-order valence-corrected chi connectivity index (χ3v) is 4.17. The van der Waals surface area contributed by atoms with Crippen LogP contribution in [0.4, 0.5) is 4.79 Å². The van der Waals surface area contributed by atoms with Gasteiger partial charge in [0, 0.05) is 6.07 Å². The van der Waals surface area contributed by atoms with Crippen molar-refractivity contribution in [2.45, 2.75) is 46.7 Å². The van der Waals surface area contributed by atoms with Gasteiger partial charge in [0.2, 0.25) is 5.88 Å². The number of nitrogens with one attached hydrogen (secondary N) is 1. The average Bonchev–Trinajstić information content (AvgIpc) is 2.64. The lowest BCUT2D eigenvalue weighted by Gasteiger charge is -2.35. The lowest BCUT2D eigenvalue weighted by atomic mass is 9.75. The fourth-order valence-corrected chi connectivity index (χ4v) is 2.28. The van der Waals surface area contributed by atoms with Crippen LogP contribution in [-0.4, -0.2) is 34.0 Å². The Balaban J connectivity index is 2.22. The number of urea groups is 1. The van der Waals surface area contributed by atoms with E-state index in [2.05, 4.69) is 10.3 Å². The number of carbonyl (C=O) groups is 2. The molecule has 2 rings (SSSR count). The molecule has 3 amide bonds. The Morgan fingerprint density at radius 1 is 1.32 bits per heavy atom. The van der Waals surface area contributed by atoms with Crippen LogP contribution < -0.4 is 10.1 Å². The largest absolute Gasteiger partial charge is 0.478 e. The van der Waals surface area contributed by atoms with Crippen molar-refractivity contribution in [3.05, 3.63) is 23.9 Å². The number of pyridine rings is 1. The van der Waals surface area contributed by atoms with Crippen LogP contribution in [0.15, 0.2) is 18.2 Å². The van der Waals surface area contributed by atoms with Crippen LogP contribution in [0.3, 0.4) is 0 Å². The molecular weight excluding hydrogens is 282 g/mol. The van der Waals surface area contributed by atoms with E-state index in [0.29, 0.717) is 18.2 Å². The minimum atomic E-state index is -0.915. The lowest BCUT2D eigenvalue weighted by molar-refractivity contribution is -0.134. The number of hydrogen-bond donors (Lipinski definition) is 1. The minimum Gasteiger partial charge on any atom is -0.478 e. The predicted molar refractivity (Wildman–Crippen MR) is 82.3 cm³/mol. The van der Waals surface area contributed by atoms with Crippen LogP contribution >= 0.6 is 0 Å². The molecule has 1 aromatic heterocycles. The maximum Gasteiger partial charge on any atom is 0.325 e. The van der Waals surface area contributed by atoms with Gasteiger partial charge in [-0.05, 0) is 25.3 Å². The van der Waals surface area contributed by atoms with Gasteiger partial charge in [0.05, 0.1) is 18.8 Å². The second-order valence-electron chi connectivity index (χ2n) is 6.60. The molecule has 1 aliphatic rings. The first kappa shape index (κ1) is 16.3. The summed E-state index contributed by atoms with van der Waals surface area (Å²) in [5.41, 5.74) is -0.677. The summed E-state index contributed by atoms with van der Waals surface area (Å²) in [5, 5.41) is 2.81. The number of aromatic nitrogens is 1. The summed E-state index contributed by atoms with van der Waals surface area (Å²) >= 11 is 0. The first-order valence-corrected chi connectivity index (χ1v) is 7.42. The summed E-state index contributed by atoms with van der Waals surface area (Å²) in [4.78, 5) is 30.4. The van der Waals surface area contributed by atoms with Crippen molar-refractivity contribution in [3.63, 3.8) is 0 Å². The molecule has 1 unspecified atom stereocenters. The number of nitrogens with zero attached hydrogens (tertiary/aromatic N) is 2. The quantitative estimate of drug-likeness (QED) is 0.867. The van der Waals surface area contributed by atoms with Crippen molar-refractivity contribution in [2.24, 2.45) is 5.41 Å². The van der Waals surface area contributed by atoms with Gasteiger partial charge in [0.25, 0.3) is 5.91 Å². The zero-order chi connectivity index (χ0) is 16.5. The molecule has 6 heteroatoms. The molecule has 1 saturated heterocycles. The van der Waals surface area contributed by atoms with Gasteiger partial charge in [0.1, 0.15) is 5.54 Å². The number of amides is 3. The fourth-order valence-electron chi connectivity index (χ4n) is 2.28. The van der Waals surface area contributed by atoms with Gasteiger partial charge in [0.15, 0.2) is 0 Å². The van der Waals surface area contributed by atoms with Gasteiger partial charge in [-0.25, -0.2) is 9.78 Å². The summed E-state index contributed by atoms with van der Waals surface area (Å²) < 4.78 is 5.34. The Hall–Kier alpha value is -2.11. The first-order chi connectivity index (χ1) is 10.2. The van der Waals surface area contributed by atoms with Gasteiger partial charge in [-0.3, -0.25) is 9.69 Å². The maximum atomic E-state index is 12.7. The van der Waals surface area contributed by atoms with Crippen LogP contribution in [-0.2, 0) is 11.3 Å². The van der Waals surface area contributed by atoms with E-state index >= 15 is 0 Å². The van der Waals surface area contributed by atoms with Crippen LogP contribution in [0.5, 0.6) is 5.88 Å². The van der Waals surface area contributed by atoms with E-state index in [0.717, 1.165) is 0 Å². The highest BCUT2D eigenvalue weighted by atomic mass is 16.5. The molecule has 2 heterocycles. The molecule has 0 bridgehead atoms. The van der Waals surface area contributed by atoms with Crippen molar-refractivity contribution in [3.8, 4) is 5.88 Å². The number of ether oxygens (including phenoxy) is 1. The zero-order valence-corrected chi connectivity index (χ0v) is 13.8. The molecule has 0 radical (unpaired) electrons. The van der Waals surface area contributed by atoms with Crippen LogP contribution in [0.1, 0.15) is 40.3 Å². The molecule has 1 N–H and O–H groups in total. The second-order valence-corrected chi connectivity index (χ2v) is 6.60. The molecule has 0 aliphatic carbocycles. The Labute approximate surface area is 130 Å². The Bertz CT molecular complexity index is 595. The van der Waals surface area contributed by atoms with Crippen LogP contribution in [0.2, 0.25) is 0 Å². The molecule has 0 saturated carbocycles. The van der Waals surface area contributed by atoms with E-state index in [1.165, 1.54) is 4.90 Å². The fraction of sp³-hybridized carbons (Fsp3) is 0.562. The summed E-state index contributed by atoms with van der Waals surface area (Å²) in [7, 11) is 0. The normalized spacial score (nSPS) is 22.0. The Morgan fingerprint density at radius 2 is 2.00 bits per heavy atom. The third kappa shape index (κ3) is 2.77. The summed E-state index contributed by atoms with van der Waals surface area (Å²) in [6, 6.07) is 4.94. The summed E-state index contributed by atoms with van der Waals surface area (Å²) in [6.07, 6.45) is 0. The molecular formula is C16H23N3O3. The van der Waals surface area contributed by atoms with Crippen molar-refractivity contribution in [2.75, 3.05) is 6.61 Å². The van der Waals surface area contributed by atoms with E-state index in [1.807, 2.05) is 27.7 Å². The Kier molecular flexibility index (Phi) is 4.13. The SMILES string of the molecule is CCOc1cccc(CN2C(=O)NC(C)(C(C)(C)C)C2=O)n1. The summed E-state index contributed by atoms with van der Waals surface area (Å²) in [6.45, 7) is 10.1. The van der Waals surface area contributed by atoms with E-state index in [1.54, 1.807) is 25.1 Å². The van der Waals surface area contributed by atoms with Crippen LogP contribution in [0, 0.1) is 5.41 Å². The Morgan fingerprint density at radius 3 is 2.55 bits per heavy atom. The molecule has 1 atom stereocenters. The number of imide groups is 1. The van der Waals surface area contributed by atoms with E-state index in [9.17, 15) is 9.59 Å². The van der Waals surface area contributed by atoms with Crippen molar-refractivity contribution >= 4 is 11.9 Å². The van der Waals surface area contributed by atoms with Crippen LogP contribution in [0.25, 0.3) is 0 Å². The molecule has 22 heavy (non-hydrogen) atoms. The zero-order valence-electron chi connectivity index (χ0n) is 13.8. The van der Waals surface area contributed by atoms with E-state index < -0.39 is 5.54 Å². The molecule has 120 valence electrons. The number of rotatable bonds is 4. The topological polar surface area (TPSA) is 71.5 Å². The number of hydrogen-bond acceptors (Lipinski definition) is 4. The van der Waals surface area contributed by atoms with E-state index in [-0.39, 0.29) is 23.9 Å².